The molecule has 0 aliphatic rings. The summed E-state index contributed by atoms with van der Waals surface area (Å²) in [5, 5.41) is 5.45. The molecule has 5 nitrogen and oxygen atoms in total. The van der Waals surface area contributed by atoms with E-state index in [2.05, 4.69) is 10.6 Å². The summed E-state index contributed by atoms with van der Waals surface area (Å²) in [5.74, 6) is -0.779. The zero-order chi connectivity index (χ0) is 17.7. The van der Waals surface area contributed by atoms with Gasteiger partial charge in [-0.2, -0.15) is 0 Å². The number of nitrogens with two attached hydrogens (primary N) is 1. The lowest BCUT2D eigenvalue weighted by Gasteiger charge is -2.20. The van der Waals surface area contributed by atoms with Crippen molar-refractivity contribution in [2.75, 3.05) is 12.4 Å². The molecule has 0 fully saturated rings. The Balaban J connectivity index is 0.00000312. The van der Waals surface area contributed by atoms with E-state index < -0.39 is 12.0 Å². The molecule has 2 aromatic rings. The van der Waals surface area contributed by atoms with Gasteiger partial charge in [-0.25, -0.2) is 0 Å². The van der Waals surface area contributed by atoms with E-state index in [9.17, 15) is 9.59 Å². The number of aryl methyl sites for hydroxylation is 1. The Morgan fingerprint density at radius 2 is 1.72 bits per heavy atom. The number of halogens is 1. The molecule has 0 bridgehead atoms. The normalized spacial score (nSPS) is 12.5. The quantitative estimate of drug-likeness (QED) is 0.765. The molecule has 2 rings (SSSR count). The molecule has 0 aliphatic heterocycles. The molecule has 2 aromatic carbocycles. The smallest absolute Gasteiger partial charge is 0.251 e. The third-order valence-electron chi connectivity index (χ3n) is 4.12. The van der Waals surface area contributed by atoms with Crippen LogP contribution in [0.2, 0.25) is 0 Å². The average molecular weight is 362 g/mol. The summed E-state index contributed by atoms with van der Waals surface area (Å²) in [6.45, 7) is 3.68. The van der Waals surface area contributed by atoms with Crippen LogP contribution in [-0.4, -0.2) is 18.9 Å². The molecule has 0 aliphatic carbocycles. The molecule has 6 heteroatoms. The molecule has 0 heterocycles. The highest BCUT2D eigenvalue weighted by atomic mass is 35.5. The lowest BCUT2D eigenvalue weighted by molar-refractivity contribution is -0.120. The van der Waals surface area contributed by atoms with Crippen molar-refractivity contribution in [3.63, 3.8) is 0 Å². The predicted octanol–water partition coefficient (Wildman–Crippen LogP) is 3.05. The number of carbonyl (C=O) groups is 2. The molecule has 0 radical (unpaired) electrons. The van der Waals surface area contributed by atoms with Crippen molar-refractivity contribution in [3.8, 4) is 0 Å². The van der Waals surface area contributed by atoms with Gasteiger partial charge in [-0.1, -0.05) is 43.3 Å². The molecule has 134 valence electrons. The van der Waals surface area contributed by atoms with Crippen LogP contribution in [0.25, 0.3) is 0 Å². The van der Waals surface area contributed by atoms with Crippen molar-refractivity contribution >= 4 is 29.9 Å². The second kappa shape index (κ2) is 9.20. The highest BCUT2D eigenvalue weighted by Gasteiger charge is 2.22. The molecule has 2 unspecified atom stereocenters. The van der Waals surface area contributed by atoms with Gasteiger partial charge < -0.3 is 16.4 Å². The molecule has 25 heavy (non-hydrogen) atoms. The first-order valence-corrected chi connectivity index (χ1v) is 7.88. The molecule has 0 aromatic heterocycles. The van der Waals surface area contributed by atoms with Crippen molar-refractivity contribution in [2.24, 2.45) is 11.7 Å². The van der Waals surface area contributed by atoms with Crippen LogP contribution in [0.5, 0.6) is 0 Å². The summed E-state index contributed by atoms with van der Waals surface area (Å²) in [6.07, 6.45) is 0. The van der Waals surface area contributed by atoms with Gasteiger partial charge in [0, 0.05) is 24.3 Å². The fraction of sp³-hybridized carbons (Fsp3) is 0.263. The fourth-order valence-corrected chi connectivity index (χ4v) is 2.42. The Hall–Kier alpha value is -2.37. The van der Waals surface area contributed by atoms with Crippen molar-refractivity contribution in [2.45, 2.75) is 19.9 Å². The molecular formula is C19H24ClN3O2. The minimum atomic E-state index is -0.407. The third-order valence-corrected chi connectivity index (χ3v) is 4.12. The number of hydrogen-bond donors (Lipinski definition) is 3. The van der Waals surface area contributed by atoms with Gasteiger partial charge in [0.05, 0.1) is 5.92 Å². The summed E-state index contributed by atoms with van der Waals surface area (Å²) in [4.78, 5) is 24.3. The van der Waals surface area contributed by atoms with Gasteiger partial charge in [-0.3, -0.25) is 9.59 Å². The highest BCUT2D eigenvalue weighted by Crippen LogP contribution is 2.23. The van der Waals surface area contributed by atoms with E-state index in [1.54, 1.807) is 26.1 Å². The summed E-state index contributed by atoms with van der Waals surface area (Å²) in [7, 11) is 1.57. The van der Waals surface area contributed by atoms with Crippen LogP contribution in [0.15, 0.2) is 48.5 Å². The number of rotatable bonds is 5. The van der Waals surface area contributed by atoms with Gasteiger partial charge in [-0.15, -0.1) is 12.4 Å². The van der Waals surface area contributed by atoms with Crippen LogP contribution in [0, 0.1) is 12.8 Å². The molecule has 0 saturated carbocycles. The molecule has 2 atom stereocenters. The topological polar surface area (TPSA) is 84.2 Å². The second-order valence-corrected chi connectivity index (χ2v) is 5.82. The number of nitrogens with one attached hydrogen (secondary N) is 2. The minimum absolute atomic E-state index is 0. The van der Waals surface area contributed by atoms with E-state index >= 15 is 0 Å². The van der Waals surface area contributed by atoms with Crippen LogP contribution in [0.4, 0.5) is 5.69 Å². The summed E-state index contributed by atoms with van der Waals surface area (Å²) >= 11 is 0. The Morgan fingerprint density at radius 3 is 2.32 bits per heavy atom. The molecule has 2 amide bonds. The monoisotopic (exact) mass is 361 g/mol. The molecule has 0 spiro atoms. The number of amides is 2. The van der Waals surface area contributed by atoms with E-state index in [1.165, 1.54) is 0 Å². The molecular weight excluding hydrogens is 338 g/mol. The lowest BCUT2D eigenvalue weighted by atomic mass is 9.94. The highest BCUT2D eigenvalue weighted by molar-refractivity contribution is 5.98. The Bertz CT molecular complexity index is 735. The van der Waals surface area contributed by atoms with Gasteiger partial charge in [0.25, 0.3) is 5.91 Å². The maximum atomic E-state index is 12.5. The first kappa shape index (κ1) is 20.7. The SMILES string of the molecule is CNC(=O)c1ccc(C)c(NC(=O)C(C)C(N)c2ccccc2)c1.Cl. The minimum Gasteiger partial charge on any atom is -0.355 e. The number of carbonyl (C=O) groups excluding carboxylic acids is 2. The first-order valence-electron chi connectivity index (χ1n) is 7.88. The van der Waals surface area contributed by atoms with Gasteiger partial charge in [-0.05, 0) is 30.2 Å². The number of anilines is 1. The Labute approximate surface area is 154 Å². The van der Waals surface area contributed by atoms with Crippen molar-refractivity contribution in [1.29, 1.82) is 0 Å². The summed E-state index contributed by atoms with van der Waals surface area (Å²) in [6, 6.07) is 14.3. The third kappa shape index (κ3) is 5.05. The van der Waals surface area contributed by atoms with Gasteiger partial charge >= 0.3 is 0 Å². The van der Waals surface area contributed by atoms with Crippen LogP contribution in [-0.2, 0) is 4.79 Å². The molecule has 4 N–H and O–H groups in total. The Kier molecular flexibility index (Phi) is 7.61. The standard InChI is InChI=1S/C19H23N3O2.ClH/c1-12-9-10-15(19(24)21-3)11-16(12)22-18(23)13(2)17(20)14-7-5-4-6-8-14;/h4-11,13,17H,20H2,1-3H3,(H,21,24)(H,22,23);1H. The maximum Gasteiger partial charge on any atom is 0.251 e. The summed E-state index contributed by atoms with van der Waals surface area (Å²) in [5.41, 5.74) is 9.12. The van der Waals surface area contributed by atoms with Crippen molar-refractivity contribution < 1.29 is 9.59 Å². The number of benzene rings is 2. The zero-order valence-corrected chi connectivity index (χ0v) is 15.4. The van der Waals surface area contributed by atoms with Crippen LogP contribution in [0.1, 0.15) is 34.5 Å². The van der Waals surface area contributed by atoms with Crippen LogP contribution >= 0.6 is 12.4 Å². The van der Waals surface area contributed by atoms with Gasteiger partial charge in [0.2, 0.25) is 5.91 Å². The van der Waals surface area contributed by atoms with E-state index in [1.807, 2.05) is 43.3 Å². The van der Waals surface area contributed by atoms with Crippen LogP contribution in [0.3, 0.4) is 0 Å². The fourth-order valence-electron chi connectivity index (χ4n) is 2.42. The first-order chi connectivity index (χ1) is 11.4. The lowest BCUT2D eigenvalue weighted by Crippen LogP contribution is -2.30. The van der Waals surface area contributed by atoms with Crippen LogP contribution < -0.4 is 16.4 Å². The largest absolute Gasteiger partial charge is 0.355 e. The Morgan fingerprint density at radius 1 is 1.08 bits per heavy atom. The van der Waals surface area contributed by atoms with E-state index in [0.717, 1.165) is 11.1 Å². The predicted molar refractivity (Wildman–Crippen MR) is 103 cm³/mol. The zero-order valence-electron chi connectivity index (χ0n) is 14.6. The van der Waals surface area contributed by atoms with E-state index in [4.69, 9.17) is 5.73 Å². The second-order valence-electron chi connectivity index (χ2n) is 5.82. The van der Waals surface area contributed by atoms with Gasteiger partial charge in [0.1, 0.15) is 0 Å². The van der Waals surface area contributed by atoms with E-state index in [0.29, 0.717) is 11.3 Å². The summed E-state index contributed by atoms with van der Waals surface area (Å²) < 4.78 is 0. The van der Waals surface area contributed by atoms with E-state index in [-0.39, 0.29) is 24.2 Å². The van der Waals surface area contributed by atoms with Gasteiger partial charge in [0.15, 0.2) is 0 Å². The number of hydrogen-bond acceptors (Lipinski definition) is 3. The van der Waals surface area contributed by atoms with Crippen molar-refractivity contribution in [3.05, 3.63) is 65.2 Å². The van der Waals surface area contributed by atoms with Crippen molar-refractivity contribution in [1.82, 2.24) is 5.32 Å². The average Bonchev–Trinajstić information content (AvgIpc) is 2.62. The maximum absolute atomic E-state index is 12.5. The molecule has 0 saturated heterocycles.